The number of benzene rings is 1. The van der Waals surface area contributed by atoms with Gasteiger partial charge in [-0.2, -0.15) is 5.10 Å². The summed E-state index contributed by atoms with van der Waals surface area (Å²) >= 11 is 0. The van der Waals surface area contributed by atoms with Gasteiger partial charge in [-0.15, -0.1) is 0 Å². The zero-order valence-corrected chi connectivity index (χ0v) is 18.0. The molecule has 1 aromatic heterocycles. The lowest BCUT2D eigenvalue weighted by Crippen LogP contribution is -2.32. The molecule has 9 heteroatoms. The highest BCUT2D eigenvalue weighted by atomic mass is 19.1. The first kappa shape index (κ1) is 22.7. The van der Waals surface area contributed by atoms with Crippen LogP contribution in [-0.4, -0.2) is 44.5 Å². The maximum atomic E-state index is 15.0. The Morgan fingerprint density at radius 3 is 2.68 bits per heavy atom. The van der Waals surface area contributed by atoms with Crippen molar-refractivity contribution in [3.05, 3.63) is 40.5 Å². The number of aryl methyl sites for hydroxylation is 1. The highest BCUT2D eigenvalue weighted by molar-refractivity contribution is 5.99. The molecule has 5 N–H and O–H groups in total. The number of aliphatic hydroxyl groups excluding tert-OH is 1. The fourth-order valence-electron chi connectivity index (χ4n) is 4.16. The predicted molar refractivity (Wildman–Crippen MR) is 114 cm³/mol. The number of carbonyl (C=O) groups excluding carboxylic acids is 1. The van der Waals surface area contributed by atoms with Gasteiger partial charge in [0.2, 0.25) is 0 Å². The molecular formula is C22H29FN4O4. The lowest BCUT2D eigenvalue weighted by Gasteiger charge is -2.30. The minimum Gasteiger partial charge on any atom is -0.480 e. The van der Waals surface area contributed by atoms with Crippen LogP contribution >= 0.6 is 0 Å². The summed E-state index contributed by atoms with van der Waals surface area (Å²) in [6.45, 7) is 5.98. The topological polar surface area (TPSA) is 130 Å². The molecule has 8 nitrogen and oxygen atoms in total. The van der Waals surface area contributed by atoms with Gasteiger partial charge in [0.15, 0.2) is 0 Å². The Hall–Kier alpha value is -2.94. The van der Waals surface area contributed by atoms with E-state index < -0.39 is 29.3 Å². The van der Waals surface area contributed by atoms with Gasteiger partial charge in [0.1, 0.15) is 11.9 Å². The van der Waals surface area contributed by atoms with Crippen LogP contribution in [-0.2, 0) is 24.1 Å². The zero-order valence-electron chi connectivity index (χ0n) is 18.0. The van der Waals surface area contributed by atoms with Crippen LogP contribution in [0.1, 0.15) is 60.9 Å². The van der Waals surface area contributed by atoms with Crippen molar-refractivity contribution in [1.82, 2.24) is 9.78 Å². The quantitative estimate of drug-likeness (QED) is 0.507. The van der Waals surface area contributed by atoms with Crippen LogP contribution in [0.4, 0.5) is 10.1 Å². The van der Waals surface area contributed by atoms with Gasteiger partial charge in [-0.25, -0.2) is 13.9 Å². The summed E-state index contributed by atoms with van der Waals surface area (Å²) < 4.78 is 16.7. The van der Waals surface area contributed by atoms with Crippen LogP contribution in [0.3, 0.4) is 0 Å². The summed E-state index contributed by atoms with van der Waals surface area (Å²) in [5.41, 5.74) is 8.45. The number of aliphatic hydroxyl groups is 1. The number of nitrogens with one attached hydrogen (secondary N) is 1. The summed E-state index contributed by atoms with van der Waals surface area (Å²) in [5.74, 6) is -3.11. The Morgan fingerprint density at radius 2 is 2.10 bits per heavy atom. The van der Waals surface area contributed by atoms with E-state index in [2.05, 4.69) is 19.2 Å². The average molecular weight is 432 g/mol. The lowest BCUT2D eigenvalue weighted by molar-refractivity contribution is -0.138. The second kappa shape index (κ2) is 8.66. The van der Waals surface area contributed by atoms with E-state index in [0.717, 1.165) is 37.1 Å². The highest BCUT2D eigenvalue weighted by Gasteiger charge is 2.31. The maximum absolute atomic E-state index is 15.0. The second-order valence-electron chi connectivity index (χ2n) is 8.74. The fourth-order valence-corrected chi connectivity index (χ4v) is 4.16. The van der Waals surface area contributed by atoms with Crippen molar-refractivity contribution in [2.45, 2.75) is 58.9 Å². The number of nitrogens with two attached hydrogens (primary N) is 1. The highest BCUT2D eigenvalue weighted by Crippen LogP contribution is 2.38. The van der Waals surface area contributed by atoms with Crippen molar-refractivity contribution in [2.24, 2.45) is 11.1 Å². The van der Waals surface area contributed by atoms with Crippen molar-refractivity contribution in [3.63, 3.8) is 0 Å². The number of primary amides is 1. The second-order valence-corrected chi connectivity index (χ2v) is 8.74. The van der Waals surface area contributed by atoms with E-state index in [-0.39, 0.29) is 24.1 Å². The number of nitrogens with zero attached hydrogens (tertiary/aromatic N) is 2. The van der Waals surface area contributed by atoms with Crippen LogP contribution in [0.15, 0.2) is 12.1 Å². The van der Waals surface area contributed by atoms with E-state index in [1.54, 1.807) is 4.68 Å². The van der Waals surface area contributed by atoms with Gasteiger partial charge in [-0.1, -0.05) is 20.8 Å². The maximum Gasteiger partial charge on any atom is 0.326 e. The molecule has 0 fully saturated rings. The largest absolute Gasteiger partial charge is 0.480 e. The number of carbonyl (C=O) groups is 2. The van der Waals surface area contributed by atoms with E-state index in [1.165, 1.54) is 17.7 Å². The molecule has 0 saturated heterocycles. The van der Waals surface area contributed by atoms with Crippen LogP contribution in [0.25, 0.3) is 5.69 Å². The lowest BCUT2D eigenvalue weighted by atomic mass is 9.76. The molecule has 1 aliphatic carbocycles. The van der Waals surface area contributed by atoms with E-state index in [9.17, 15) is 19.1 Å². The van der Waals surface area contributed by atoms with Gasteiger partial charge in [0.25, 0.3) is 5.91 Å². The van der Waals surface area contributed by atoms with Crippen molar-refractivity contribution in [3.8, 4) is 5.69 Å². The minimum absolute atomic E-state index is 0.0410. The van der Waals surface area contributed by atoms with Crippen molar-refractivity contribution < 1.29 is 24.2 Å². The molecule has 0 bridgehead atoms. The molecule has 0 saturated carbocycles. The third kappa shape index (κ3) is 4.56. The van der Waals surface area contributed by atoms with Gasteiger partial charge in [0, 0.05) is 24.8 Å². The number of halogens is 1. The predicted octanol–water partition coefficient (Wildman–Crippen LogP) is 2.44. The summed E-state index contributed by atoms with van der Waals surface area (Å²) in [6, 6.07) is 1.47. The smallest absolute Gasteiger partial charge is 0.326 e. The van der Waals surface area contributed by atoms with Crippen LogP contribution in [0.5, 0.6) is 0 Å². The Morgan fingerprint density at radius 1 is 1.39 bits per heavy atom. The number of aliphatic carboxylic acids is 1. The molecule has 1 amide bonds. The van der Waals surface area contributed by atoms with Crippen molar-refractivity contribution in [2.75, 3.05) is 11.9 Å². The number of aromatic nitrogens is 2. The Kier molecular flexibility index (Phi) is 6.35. The molecule has 31 heavy (non-hydrogen) atoms. The molecule has 1 atom stereocenters. The number of amides is 1. The standard InChI is InChI=1S/C22H29FN4O4/c1-4-15-13-5-7-22(2,3)11-18(13)27(26-15)12-9-14(23)19(20(24)29)17(10-12)25-16(6-8-28)21(30)31/h9-10,16,25,28H,4-8,11H2,1-3H3,(H2,24,29)(H,30,31). The Bertz CT molecular complexity index is 1020. The SMILES string of the molecule is CCc1nn(-c2cc(F)c(C(N)=O)c(NC(CCO)C(=O)O)c2)c2c1CCC(C)(C)C2. The van der Waals surface area contributed by atoms with Gasteiger partial charge >= 0.3 is 5.97 Å². The molecule has 1 aromatic carbocycles. The molecule has 0 aliphatic heterocycles. The van der Waals surface area contributed by atoms with Gasteiger partial charge < -0.3 is 21.3 Å². The van der Waals surface area contributed by atoms with E-state index in [1.807, 2.05) is 6.92 Å². The molecule has 168 valence electrons. The monoisotopic (exact) mass is 432 g/mol. The number of carboxylic acids is 1. The minimum atomic E-state index is -1.23. The van der Waals surface area contributed by atoms with E-state index >= 15 is 0 Å². The molecule has 1 aliphatic rings. The molecule has 1 unspecified atom stereocenters. The van der Waals surface area contributed by atoms with Gasteiger partial charge in [0.05, 0.1) is 22.6 Å². The fraction of sp³-hybridized carbons (Fsp3) is 0.500. The first-order chi connectivity index (χ1) is 14.6. The van der Waals surface area contributed by atoms with E-state index in [4.69, 9.17) is 15.9 Å². The van der Waals surface area contributed by atoms with E-state index in [0.29, 0.717) is 5.69 Å². The summed E-state index contributed by atoms with van der Waals surface area (Å²) in [6.07, 6.45) is 3.29. The molecular weight excluding hydrogens is 403 g/mol. The normalized spacial score (nSPS) is 15.9. The molecule has 3 rings (SSSR count). The number of anilines is 1. The number of rotatable bonds is 8. The average Bonchev–Trinajstić information content (AvgIpc) is 3.03. The summed E-state index contributed by atoms with van der Waals surface area (Å²) in [7, 11) is 0. The summed E-state index contributed by atoms with van der Waals surface area (Å²) in [5, 5.41) is 25.9. The number of hydrogen-bond donors (Lipinski definition) is 4. The van der Waals surface area contributed by atoms with Crippen LogP contribution in [0, 0.1) is 11.2 Å². The summed E-state index contributed by atoms with van der Waals surface area (Å²) in [4.78, 5) is 23.4. The first-order valence-corrected chi connectivity index (χ1v) is 10.4. The van der Waals surface area contributed by atoms with Crippen LogP contribution < -0.4 is 11.1 Å². The van der Waals surface area contributed by atoms with Crippen LogP contribution in [0.2, 0.25) is 0 Å². The van der Waals surface area contributed by atoms with Crippen molar-refractivity contribution in [1.29, 1.82) is 0 Å². The van der Waals surface area contributed by atoms with Crippen molar-refractivity contribution >= 4 is 17.6 Å². The molecule has 0 spiro atoms. The number of fused-ring (bicyclic) bond motifs is 1. The number of carboxylic acid groups (broad SMARTS) is 1. The molecule has 2 aromatic rings. The van der Waals surface area contributed by atoms with Gasteiger partial charge in [-0.3, -0.25) is 4.79 Å². The number of hydrogen-bond acceptors (Lipinski definition) is 5. The molecule has 1 heterocycles. The third-order valence-corrected chi connectivity index (χ3v) is 5.82. The Labute approximate surface area is 180 Å². The van der Waals surface area contributed by atoms with Gasteiger partial charge in [-0.05, 0) is 42.7 Å². The molecule has 0 radical (unpaired) electrons. The zero-order chi connectivity index (χ0) is 22.9. The third-order valence-electron chi connectivity index (χ3n) is 5.82. The first-order valence-electron chi connectivity index (χ1n) is 10.4. The Balaban J connectivity index is 2.15.